The van der Waals surface area contributed by atoms with Crippen molar-refractivity contribution < 1.29 is 4.39 Å². The SMILES string of the molecule is CCNC(=NCCc1ccc(F)cc1)NCCn1cnnc1CC. The molecule has 0 amide bonds. The van der Waals surface area contributed by atoms with Crippen LogP contribution in [0.5, 0.6) is 0 Å². The molecule has 0 atom stereocenters. The van der Waals surface area contributed by atoms with Gasteiger partial charge in [0.25, 0.3) is 0 Å². The predicted molar refractivity (Wildman–Crippen MR) is 93.5 cm³/mol. The number of hydrogen-bond acceptors (Lipinski definition) is 3. The van der Waals surface area contributed by atoms with Gasteiger partial charge in [0.15, 0.2) is 5.96 Å². The summed E-state index contributed by atoms with van der Waals surface area (Å²) in [6, 6.07) is 6.55. The average Bonchev–Trinajstić information content (AvgIpc) is 3.04. The molecule has 2 rings (SSSR count). The molecule has 0 aliphatic heterocycles. The number of hydrogen-bond donors (Lipinski definition) is 2. The molecule has 0 bridgehead atoms. The molecule has 7 heteroatoms. The summed E-state index contributed by atoms with van der Waals surface area (Å²) in [5, 5.41) is 14.5. The van der Waals surface area contributed by atoms with Crippen molar-refractivity contribution in [1.29, 1.82) is 0 Å². The van der Waals surface area contributed by atoms with Crippen LogP contribution in [0.3, 0.4) is 0 Å². The Kier molecular flexibility index (Phi) is 7.20. The highest BCUT2D eigenvalue weighted by Gasteiger charge is 2.02. The van der Waals surface area contributed by atoms with Crippen LogP contribution in [0.25, 0.3) is 0 Å². The van der Waals surface area contributed by atoms with Gasteiger partial charge in [0, 0.05) is 32.6 Å². The Bertz CT molecular complexity index is 635. The lowest BCUT2D eigenvalue weighted by molar-refractivity contribution is 0.626. The molecule has 130 valence electrons. The Labute approximate surface area is 142 Å². The lowest BCUT2D eigenvalue weighted by Gasteiger charge is -2.12. The molecular weight excluding hydrogens is 307 g/mol. The van der Waals surface area contributed by atoms with Gasteiger partial charge in [-0.2, -0.15) is 0 Å². The molecule has 0 aliphatic carbocycles. The van der Waals surface area contributed by atoms with Crippen LogP contribution in [0.2, 0.25) is 0 Å². The van der Waals surface area contributed by atoms with Gasteiger partial charge >= 0.3 is 0 Å². The van der Waals surface area contributed by atoms with Crippen molar-refractivity contribution in [2.45, 2.75) is 33.2 Å². The summed E-state index contributed by atoms with van der Waals surface area (Å²) in [6.45, 7) is 7.08. The molecule has 0 aliphatic rings. The molecule has 6 nitrogen and oxygen atoms in total. The molecule has 24 heavy (non-hydrogen) atoms. The highest BCUT2D eigenvalue weighted by atomic mass is 19.1. The summed E-state index contributed by atoms with van der Waals surface area (Å²) in [6.07, 6.45) is 3.40. The van der Waals surface area contributed by atoms with Gasteiger partial charge in [0.2, 0.25) is 0 Å². The Morgan fingerprint density at radius 3 is 2.71 bits per heavy atom. The molecule has 2 N–H and O–H groups in total. The lowest BCUT2D eigenvalue weighted by Crippen LogP contribution is -2.39. The first kappa shape index (κ1) is 17.9. The third-order valence-electron chi connectivity index (χ3n) is 3.58. The van der Waals surface area contributed by atoms with Crippen molar-refractivity contribution in [3.63, 3.8) is 0 Å². The maximum absolute atomic E-state index is 12.9. The zero-order chi connectivity index (χ0) is 17.2. The van der Waals surface area contributed by atoms with Gasteiger partial charge in [0.1, 0.15) is 18.0 Å². The minimum Gasteiger partial charge on any atom is -0.357 e. The van der Waals surface area contributed by atoms with E-state index in [2.05, 4.69) is 32.7 Å². The summed E-state index contributed by atoms with van der Waals surface area (Å²) in [7, 11) is 0. The number of benzene rings is 1. The monoisotopic (exact) mass is 332 g/mol. The minimum absolute atomic E-state index is 0.210. The van der Waals surface area contributed by atoms with E-state index < -0.39 is 0 Å². The smallest absolute Gasteiger partial charge is 0.191 e. The molecule has 1 aromatic heterocycles. The Morgan fingerprint density at radius 1 is 1.21 bits per heavy atom. The van der Waals surface area contributed by atoms with E-state index in [9.17, 15) is 4.39 Å². The summed E-state index contributed by atoms with van der Waals surface area (Å²) in [5.41, 5.74) is 1.08. The summed E-state index contributed by atoms with van der Waals surface area (Å²) in [4.78, 5) is 4.55. The number of nitrogens with zero attached hydrogens (tertiary/aromatic N) is 4. The fraction of sp³-hybridized carbons (Fsp3) is 0.471. The fourth-order valence-corrected chi connectivity index (χ4v) is 2.32. The number of aromatic nitrogens is 3. The van der Waals surface area contributed by atoms with Crippen molar-refractivity contribution in [1.82, 2.24) is 25.4 Å². The molecule has 0 saturated heterocycles. The first-order valence-electron chi connectivity index (χ1n) is 8.36. The van der Waals surface area contributed by atoms with Gasteiger partial charge in [-0.05, 0) is 31.0 Å². The molecule has 2 aromatic rings. The highest BCUT2D eigenvalue weighted by Crippen LogP contribution is 2.03. The Balaban J connectivity index is 1.80. The van der Waals surface area contributed by atoms with E-state index in [1.165, 1.54) is 12.1 Å². The van der Waals surface area contributed by atoms with Crippen LogP contribution in [0.1, 0.15) is 25.2 Å². The van der Waals surface area contributed by atoms with Gasteiger partial charge in [-0.1, -0.05) is 19.1 Å². The van der Waals surface area contributed by atoms with Gasteiger partial charge < -0.3 is 15.2 Å². The second kappa shape index (κ2) is 9.64. The van der Waals surface area contributed by atoms with Crippen LogP contribution in [-0.2, 0) is 19.4 Å². The number of aryl methyl sites for hydroxylation is 1. The highest BCUT2D eigenvalue weighted by molar-refractivity contribution is 5.79. The van der Waals surface area contributed by atoms with E-state index in [0.717, 1.165) is 49.8 Å². The fourth-order valence-electron chi connectivity index (χ4n) is 2.32. The van der Waals surface area contributed by atoms with Crippen LogP contribution in [-0.4, -0.2) is 40.4 Å². The first-order valence-corrected chi connectivity index (χ1v) is 8.36. The van der Waals surface area contributed by atoms with Gasteiger partial charge in [-0.15, -0.1) is 10.2 Å². The van der Waals surface area contributed by atoms with Crippen LogP contribution < -0.4 is 10.6 Å². The van der Waals surface area contributed by atoms with E-state index in [1.807, 2.05) is 11.5 Å². The van der Waals surface area contributed by atoms with Crippen LogP contribution in [0, 0.1) is 5.82 Å². The number of guanidine groups is 1. The standard InChI is InChI=1S/C17H25FN6/c1-3-16-23-22-13-24(16)12-11-21-17(19-4-2)20-10-9-14-5-7-15(18)8-6-14/h5-8,13H,3-4,9-12H2,1-2H3,(H2,19,20,21). The number of aliphatic imine (C=N–C) groups is 1. The number of rotatable bonds is 8. The summed E-state index contributed by atoms with van der Waals surface area (Å²) >= 11 is 0. The first-order chi connectivity index (χ1) is 11.7. The Morgan fingerprint density at radius 2 is 2.00 bits per heavy atom. The van der Waals surface area contributed by atoms with Gasteiger partial charge in [-0.25, -0.2) is 4.39 Å². The average molecular weight is 332 g/mol. The van der Waals surface area contributed by atoms with Crippen molar-refractivity contribution in [2.24, 2.45) is 4.99 Å². The third kappa shape index (κ3) is 5.64. The van der Waals surface area contributed by atoms with Crippen molar-refractivity contribution >= 4 is 5.96 Å². The van der Waals surface area contributed by atoms with Crippen LogP contribution in [0.4, 0.5) is 4.39 Å². The molecule has 0 spiro atoms. The zero-order valence-electron chi connectivity index (χ0n) is 14.3. The van der Waals surface area contributed by atoms with E-state index in [4.69, 9.17) is 0 Å². The summed E-state index contributed by atoms with van der Waals surface area (Å²) < 4.78 is 14.9. The van der Waals surface area contributed by atoms with E-state index in [0.29, 0.717) is 6.54 Å². The lowest BCUT2D eigenvalue weighted by atomic mass is 10.1. The molecular formula is C17H25FN6. The van der Waals surface area contributed by atoms with Crippen LogP contribution >= 0.6 is 0 Å². The second-order valence-corrected chi connectivity index (χ2v) is 5.36. The van der Waals surface area contributed by atoms with E-state index >= 15 is 0 Å². The third-order valence-corrected chi connectivity index (χ3v) is 3.58. The molecule has 1 aromatic carbocycles. The predicted octanol–water partition coefficient (Wildman–Crippen LogP) is 1.78. The molecule has 0 unspecified atom stereocenters. The second-order valence-electron chi connectivity index (χ2n) is 5.36. The maximum Gasteiger partial charge on any atom is 0.191 e. The normalized spacial score (nSPS) is 11.5. The largest absolute Gasteiger partial charge is 0.357 e. The van der Waals surface area contributed by atoms with Crippen molar-refractivity contribution in [2.75, 3.05) is 19.6 Å². The van der Waals surface area contributed by atoms with Crippen molar-refractivity contribution in [3.8, 4) is 0 Å². The molecule has 0 radical (unpaired) electrons. The maximum atomic E-state index is 12.9. The molecule has 0 fully saturated rings. The quantitative estimate of drug-likeness (QED) is 0.571. The van der Waals surface area contributed by atoms with E-state index in [1.54, 1.807) is 18.5 Å². The number of halogens is 1. The Hall–Kier alpha value is -2.44. The van der Waals surface area contributed by atoms with Crippen molar-refractivity contribution in [3.05, 3.63) is 47.8 Å². The number of nitrogens with one attached hydrogen (secondary N) is 2. The van der Waals surface area contributed by atoms with Gasteiger partial charge in [0.05, 0.1) is 0 Å². The van der Waals surface area contributed by atoms with Gasteiger partial charge in [-0.3, -0.25) is 4.99 Å². The molecule has 0 saturated carbocycles. The minimum atomic E-state index is -0.210. The molecule has 1 heterocycles. The zero-order valence-corrected chi connectivity index (χ0v) is 14.3. The summed E-state index contributed by atoms with van der Waals surface area (Å²) in [5.74, 6) is 1.55. The van der Waals surface area contributed by atoms with E-state index in [-0.39, 0.29) is 5.82 Å². The van der Waals surface area contributed by atoms with Crippen LogP contribution in [0.15, 0.2) is 35.6 Å². The topological polar surface area (TPSA) is 67.1 Å².